The minimum absolute atomic E-state index is 0.543. The molecule has 148 valence electrons. The number of rotatable bonds is 4. The van der Waals surface area contributed by atoms with Gasteiger partial charge in [-0.05, 0) is 72.2 Å². The maximum absolute atomic E-state index is 6.62. The summed E-state index contributed by atoms with van der Waals surface area (Å²) in [5.74, 6) is 1.61. The molecule has 0 amide bonds. The molecule has 2 aromatic rings. The van der Waals surface area contributed by atoms with Crippen molar-refractivity contribution in [2.75, 3.05) is 18.0 Å². The molecule has 0 aliphatic carbocycles. The number of hydrogen-bond donors (Lipinski definition) is 1. The Morgan fingerprint density at radius 1 is 1.25 bits per heavy atom. The highest BCUT2D eigenvalue weighted by Crippen LogP contribution is 2.42. The van der Waals surface area contributed by atoms with E-state index in [1.54, 1.807) is 0 Å². The number of aryl methyl sites for hydroxylation is 1. The smallest absolute Gasteiger partial charge is 0.279 e. The first kappa shape index (κ1) is 19.9. The van der Waals surface area contributed by atoms with Crippen LogP contribution in [0.15, 0.2) is 34.0 Å². The van der Waals surface area contributed by atoms with Crippen LogP contribution in [0.2, 0.25) is 5.02 Å². The van der Waals surface area contributed by atoms with Crippen LogP contribution in [0.5, 0.6) is 0 Å². The molecule has 0 saturated carbocycles. The summed E-state index contributed by atoms with van der Waals surface area (Å²) >= 11 is 10.1. The number of aliphatic imine (C=N–C) groups is 1. The van der Waals surface area contributed by atoms with Crippen LogP contribution in [0.3, 0.4) is 0 Å². The summed E-state index contributed by atoms with van der Waals surface area (Å²) in [6, 6.07) is 6.44. The summed E-state index contributed by atoms with van der Waals surface area (Å²) < 4.78 is 0.894. The first-order valence-electron chi connectivity index (χ1n) is 10.2. The van der Waals surface area contributed by atoms with Crippen molar-refractivity contribution in [1.82, 2.24) is 4.98 Å². The molecule has 2 aliphatic heterocycles. The predicted molar refractivity (Wildman–Crippen MR) is 121 cm³/mol. The van der Waals surface area contributed by atoms with Crippen LogP contribution in [-0.2, 0) is 0 Å². The number of guanidine groups is 1. The van der Waals surface area contributed by atoms with E-state index in [1.807, 2.05) is 12.3 Å². The molecule has 3 heterocycles. The van der Waals surface area contributed by atoms with E-state index in [1.165, 1.54) is 22.6 Å². The second-order valence-corrected chi connectivity index (χ2v) is 8.86. The van der Waals surface area contributed by atoms with Crippen molar-refractivity contribution < 1.29 is 4.90 Å². The number of aromatic nitrogens is 1. The number of nitrogens with one attached hydrogen (secondary N) is 1. The summed E-state index contributed by atoms with van der Waals surface area (Å²) in [5, 5.41) is 0.753. The maximum Gasteiger partial charge on any atom is 0.313 e. The quantitative estimate of drug-likeness (QED) is 0.606. The molecule has 1 atom stereocenters. The highest BCUT2D eigenvalue weighted by atomic mass is 79.9. The molecule has 2 aliphatic rings. The van der Waals surface area contributed by atoms with Gasteiger partial charge < -0.3 is 0 Å². The minimum Gasteiger partial charge on any atom is -0.279 e. The molecule has 1 N–H and O–H groups in total. The summed E-state index contributed by atoms with van der Waals surface area (Å²) in [7, 11) is 0. The van der Waals surface area contributed by atoms with Gasteiger partial charge in [-0.1, -0.05) is 31.5 Å². The van der Waals surface area contributed by atoms with Gasteiger partial charge in [0.2, 0.25) is 0 Å². The van der Waals surface area contributed by atoms with Crippen molar-refractivity contribution in [2.24, 2.45) is 4.99 Å². The Bertz CT molecular complexity index is 923. The number of hydrogen-bond acceptors (Lipinski definition) is 3. The lowest BCUT2D eigenvalue weighted by Crippen LogP contribution is -3.10. The first-order valence-corrected chi connectivity index (χ1v) is 11.4. The topological polar surface area (TPSA) is 32.9 Å². The third-order valence-electron chi connectivity index (χ3n) is 6.00. The zero-order chi connectivity index (χ0) is 19.8. The minimum atomic E-state index is 0.543. The van der Waals surface area contributed by atoms with Crippen LogP contribution >= 0.6 is 27.5 Å². The number of anilines is 1. The second-order valence-electron chi connectivity index (χ2n) is 7.70. The van der Waals surface area contributed by atoms with Gasteiger partial charge in [-0.15, -0.1) is 0 Å². The van der Waals surface area contributed by atoms with Gasteiger partial charge in [0.15, 0.2) is 11.4 Å². The fraction of sp³-hybridized carbons (Fsp3) is 0.455. The van der Waals surface area contributed by atoms with Gasteiger partial charge in [0, 0.05) is 12.1 Å². The van der Waals surface area contributed by atoms with Crippen molar-refractivity contribution >= 4 is 50.6 Å². The van der Waals surface area contributed by atoms with Gasteiger partial charge in [-0.3, -0.25) is 4.90 Å². The largest absolute Gasteiger partial charge is 0.313 e. The van der Waals surface area contributed by atoms with Crippen molar-refractivity contribution in [1.29, 1.82) is 0 Å². The van der Waals surface area contributed by atoms with Crippen LogP contribution in [0.4, 0.5) is 17.1 Å². The lowest BCUT2D eigenvalue weighted by atomic mass is 9.91. The third-order valence-corrected chi connectivity index (χ3v) is 7.14. The molecule has 0 radical (unpaired) electrons. The van der Waals surface area contributed by atoms with E-state index in [0.29, 0.717) is 5.92 Å². The van der Waals surface area contributed by atoms with Gasteiger partial charge in [0.1, 0.15) is 4.60 Å². The Kier molecular flexibility index (Phi) is 5.77. The number of halogens is 2. The number of pyridine rings is 1. The number of nitrogens with zero attached hydrogens (tertiary/aromatic N) is 3. The number of benzene rings is 1. The fourth-order valence-electron chi connectivity index (χ4n) is 4.44. The molecule has 4 rings (SSSR count). The summed E-state index contributed by atoms with van der Waals surface area (Å²) in [4.78, 5) is 13.3. The Hall–Kier alpha value is -1.43. The van der Waals surface area contributed by atoms with E-state index in [2.05, 4.69) is 58.7 Å². The zero-order valence-electron chi connectivity index (χ0n) is 16.7. The standard InChI is InChI=1S/C22H26BrClN4/c1-4-15(5-2)17-8-9-18(24)19-20(17)28-11-7-6-10-27(22(28)26-19)16-12-14(3)21(23)25-13-16/h8-9,12-13,15H,4-7,10-11H2,1-3H3/p+1. The Balaban J connectivity index is 1.82. The average molecular weight is 463 g/mol. The van der Waals surface area contributed by atoms with Gasteiger partial charge in [0.05, 0.1) is 23.5 Å². The monoisotopic (exact) mass is 461 g/mol. The molecule has 6 heteroatoms. The molecular weight excluding hydrogens is 436 g/mol. The highest BCUT2D eigenvalue weighted by Gasteiger charge is 2.40. The van der Waals surface area contributed by atoms with E-state index in [9.17, 15) is 0 Å². The molecule has 4 nitrogen and oxygen atoms in total. The Labute approximate surface area is 180 Å². The molecule has 28 heavy (non-hydrogen) atoms. The van der Waals surface area contributed by atoms with E-state index >= 15 is 0 Å². The molecule has 1 unspecified atom stereocenters. The maximum atomic E-state index is 6.62. The molecular formula is C22H27BrClN4+. The van der Waals surface area contributed by atoms with Crippen LogP contribution in [-0.4, -0.2) is 24.0 Å². The lowest BCUT2D eigenvalue weighted by molar-refractivity contribution is -0.729. The SMILES string of the molecule is CCC(CC)c1ccc(Cl)c2c1[NH+]1CCCCN(c3cnc(Br)c(C)c3)C1=N2. The van der Waals surface area contributed by atoms with Crippen LogP contribution < -0.4 is 9.80 Å². The fourth-order valence-corrected chi connectivity index (χ4v) is 4.86. The van der Waals surface area contributed by atoms with Crippen molar-refractivity contribution in [3.05, 3.63) is 45.1 Å². The molecule has 1 fully saturated rings. The van der Waals surface area contributed by atoms with E-state index < -0.39 is 0 Å². The molecule has 1 aromatic carbocycles. The Morgan fingerprint density at radius 3 is 2.75 bits per heavy atom. The first-order chi connectivity index (χ1) is 13.5. The second kappa shape index (κ2) is 8.13. The van der Waals surface area contributed by atoms with E-state index in [4.69, 9.17) is 16.6 Å². The summed E-state index contributed by atoms with van der Waals surface area (Å²) in [5.41, 5.74) is 5.90. The predicted octanol–water partition coefficient (Wildman–Crippen LogP) is 5.53. The van der Waals surface area contributed by atoms with E-state index in [0.717, 1.165) is 64.9 Å². The lowest BCUT2D eigenvalue weighted by Gasteiger charge is -2.25. The van der Waals surface area contributed by atoms with Crippen LogP contribution in [0, 0.1) is 6.92 Å². The zero-order valence-corrected chi connectivity index (χ0v) is 19.1. The molecule has 0 bridgehead atoms. The van der Waals surface area contributed by atoms with E-state index in [-0.39, 0.29) is 0 Å². The third kappa shape index (κ3) is 3.38. The van der Waals surface area contributed by atoms with Gasteiger partial charge in [-0.25, -0.2) is 9.88 Å². The highest BCUT2D eigenvalue weighted by molar-refractivity contribution is 9.10. The molecule has 1 aromatic heterocycles. The van der Waals surface area contributed by atoms with Crippen molar-refractivity contribution in [3.8, 4) is 0 Å². The molecule has 1 saturated heterocycles. The Morgan fingerprint density at radius 2 is 2.04 bits per heavy atom. The molecule has 0 spiro atoms. The van der Waals surface area contributed by atoms with Crippen LogP contribution in [0.1, 0.15) is 56.6 Å². The summed E-state index contributed by atoms with van der Waals surface area (Å²) in [6.07, 6.45) is 6.52. The van der Waals surface area contributed by atoms with Crippen molar-refractivity contribution in [2.45, 2.75) is 52.4 Å². The van der Waals surface area contributed by atoms with Gasteiger partial charge >= 0.3 is 5.96 Å². The number of fused-ring (bicyclic) bond motifs is 3. The summed E-state index contributed by atoms with van der Waals surface area (Å²) in [6.45, 7) is 8.63. The van der Waals surface area contributed by atoms with Gasteiger partial charge in [-0.2, -0.15) is 4.99 Å². The normalized spacial score (nSPS) is 18.7. The van der Waals surface area contributed by atoms with Crippen molar-refractivity contribution in [3.63, 3.8) is 0 Å². The number of quaternary nitrogens is 1. The average Bonchev–Trinajstić information content (AvgIpc) is 2.95. The van der Waals surface area contributed by atoms with Gasteiger partial charge in [0.25, 0.3) is 0 Å². The van der Waals surface area contributed by atoms with Crippen LogP contribution in [0.25, 0.3) is 0 Å².